The van der Waals surface area contributed by atoms with E-state index in [4.69, 9.17) is 10.9 Å². The minimum absolute atomic E-state index is 0.0122. The molecular formula is C9H18N4O2. The molecule has 1 heterocycles. The topological polar surface area (TPSA) is 91.0 Å². The smallest absolute Gasteiger partial charge is 0.317 e. The van der Waals surface area contributed by atoms with Crippen LogP contribution in [0.1, 0.15) is 25.7 Å². The van der Waals surface area contributed by atoms with Crippen molar-refractivity contribution in [2.45, 2.75) is 25.7 Å². The van der Waals surface area contributed by atoms with Gasteiger partial charge >= 0.3 is 6.03 Å². The van der Waals surface area contributed by atoms with Crippen LogP contribution in [0.15, 0.2) is 5.16 Å². The van der Waals surface area contributed by atoms with E-state index in [1.807, 2.05) is 0 Å². The summed E-state index contributed by atoms with van der Waals surface area (Å²) in [6.07, 6.45) is 4.47. The van der Waals surface area contributed by atoms with Crippen molar-refractivity contribution >= 4 is 11.9 Å². The summed E-state index contributed by atoms with van der Waals surface area (Å²) in [6.45, 7) is 1.68. The minimum atomic E-state index is -0.136. The van der Waals surface area contributed by atoms with Crippen LogP contribution in [0.25, 0.3) is 0 Å². The largest absolute Gasteiger partial charge is 0.409 e. The molecule has 2 amide bonds. The number of nitrogens with two attached hydrogens (primary N) is 1. The zero-order chi connectivity index (χ0) is 11.1. The lowest BCUT2D eigenvalue weighted by Gasteiger charge is -2.20. The van der Waals surface area contributed by atoms with Crippen molar-refractivity contribution < 1.29 is 10.0 Å². The van der Waals surface area contributed by atoms with E-state index in [2.05, 4.69) is 10.5 Å². The standard InChI is InChI=1S/C9H18N4O2/c10-8(12-15)7-11-9(14)13-5-3-1-2-4-6-13/h15H,1-7H2,(H2,10,12)(H,11,14). The Morgan fingerprint density at radius 3 is 2.47 bits per heavy atom. The molecule has 0 aromatic carbocycles. The van der Waals surface area contributed by atoms with Crippen LogP contribution in [-0.4, -0.2) is 41.6 Å². The molecule has 0 bridgehead atoms. The fourth-order valence-corrected chi connectivity index (χ4v) is 1.59. The van der Waals surface area contributed by atoms with Crippen molar-refractivity contribution in [2.24, 2.45) is 10.9 Å². The fourth-order valence-electron chi connectivity index (χ4n) is 1.59. The second-order valence-electron chi connectivity index (χ2n) is 3.65. The summed E-state index contributed by atoms with van der Waals surface area (Å²) in [5.41, 5.74) is 5.25. The van der Waals surface area contributed by atoms with Crippen LogP contribution in [0.4, 0.5) is 4.79 Å². The van der Waals surface area contributed by atoms with Crippen LogP contribution < -0.4 is 11.1 Å². The third-order valence-corrected chi connectivity index (χ3v) is 2.44. The maximum atomic E-state index is 11.6. The summed E-state index contributed by atoms with van der Waals surface area (Å²) in [5.74, 6) is 0.0122. The maximum absolute atomic E-state index is 11.6. The van der Waals surface area contributed by atoms with Gasteiger partial charge in [0.15, 0.2) is 5.84 Å². The Balaban J connectivity index is 2.31. The van der Waals surface area contributed by atoms with Gasteiger partial charge in [-0.1, -0.05) is 18.0 Å². The summed E-state index contributed by atoms with van der Waals surface area (Å²) in [6, 6.07) is -0.136. The number of nitrogens with one attached hydrogen (secondary N) is 1. The Labute approximate surface area is 89.1 Å². The number of urea groups is 1. The van der Waals surface area contributed by atoms with Gasteiger partial charge in [0.1, 0.15) is 0 Å². The number of hydrogen-bond donors (Lipinski definition) is 3. The molecule has 0 aromatic rings. The van der Waals surface area contributed by atoms with Crippen LogP contribution in [0.2, 0.25) is 0 Å². The maximum Gasteiger partial charge on any atom is 0.317 e. The Morgan fingerprint density at radius 2 is 1.93 bits per heavy atom. The van der Waals surface area contributed by atoms with Gasteiger partial charge in [0.25, 0.3) is 0 Å². The van der Waals surface area contributed by atoms with Gasteiger partial charge in [-0.2, -0.15) is 0 Å². The van der Waals surface area contributed by atoms with Crippen molar-refractivity contribution in [1.82, 2.24) is 10.2 Å². The SMILES string of the molecule is NC(CNC(=O)N1CCCCCC1)=NO. The van der Waals surface area contributed by atoms with E-state index >= 15 is 0 Å². The molecule has 15 heavy (non-hydrogen) atoms. The van der Waals surface area contributed by atoms with Crippen molar-refractivity contribution in [1.29, 1.82) is 0 Å². The fraction of sp³-hybridized carbons (Fsp3) is 0.778. The van der Waals surface area contributed by atoms with Crippen LogP contribution in [0.3, 0.4) is 0 Å². The summed E-state index contributed by atoms with van der Waals surface area (Å²) in [4.78, 5) is 13.4. The van der Waals surface area contributed by atoms with Gasteiger partial charge in [-0.15, -0.1) is 0 Å². The van der Waals surface area contributed by atoms with E-state index in [1.165, 1.54) is 12.8 Å². The van der Waals surface area contributed by atoms with Crippen LogP contribution in [-0.2, 0) is 0 Å². The van der Waals surface area contributed by atoms with Crippen molar-refractivity contribution in [3.05, 3.63) is 0 Å². The monoisotopic (exact) mass is 214 g/mol. The highest BCUT2D eigenvalue weighted by Crippen LogP contribution is 2.09. The molecule has 1 fully saturated rings. The second kappa shape index (κ2) is 6.10. The number of hydrogen-bond acceptors (Lipinski definition) is 3. The normalized spacial score (nSPS) is 18.4. The summed E-state index contributed by atoms with van der Waals surface area (Å²) in [7, 11) is 0. The van der Waals surface area contributed by atoms with Gasteiger partial charge in [0, 0.05) is 13.1 Å². The second-order valence-corrected chi connectivity index (χ2v) is 3.65. The molecule has 0 aliphatic carbocycles. The van der Waals surface area contributed by atoms with Gasteiger partial charge in [-0.05, 0) is 12.8 Å². The molecule has 0 spiro atoms. The van der Waals surface area contributed by atoms with Gasteiger partial charge in [0.05, 0.1) is 6.54 Å². The molecule has 4 N–H and O–H groups in total. The summed E-state index contributed by atoms with van der Waals surface area (Å²) in [5, 5.41) is 13.7. The predicted octanol–water partition coefficient (Wildman–Crippen LogP) is 0.318. The van der Waals surface area contributed by atoms with Gasteiger partial charge < -0.3 is 21.2 Å². The average molecular weight is 214 g/mol. The highest BCUT2D eigenvalue weighted by Gasteiger charge is 2.14. The lowest BCUT2D eigenvalue weighted by atomic mass is 10.2. The minimum Gasteiger partial charge on any atom is -0.409 e. The lowest BCUT2D eigenvalue weighted by molar-refractivity contribution is 0.201. The first-order valence-corrected chi connectivity index (χ1v) is 5.23. The third-order valence-electron chi connectivity index (χ3n) is 2.44. The number of carbonyl (C=O) groups is 1. The molecule has 1 saturated heterocycles. The van der Waals surface area contributed by atoms with Gasteiger partial charge in [0.2, 0.25) is 0 Å². The number of rotatable bonds is 2. The Bertz CT molecular complexity index is 234. The average Bonchev–Trinajstić information content (AvgIpc) is 2.53. The molecule has 0 atom stereocenters. The molecule has 86 valence electrons. The predicted molar refractivity (Wildman–Crippen MR) is 56.8 cm³/mol. The molecular weight excluding hydrogens is 196 g/mol. The summed E-state index contributed by atoms with van der Waals surface area (Å²) < 4.78 is 0. The number of oxime groups is 1. The number of nitrogens with zero attached hydrogens (tertiary/aromatic N) is 2. The van der Waals surface area contributed by atoms with Crippen molar-refractivity contribution in [3.8, 4) is 0 Å². The molecule has 6 nitrogen and oxygen atoms in total. The molecule has 1 aliphatic rings. The first kappa shape index (κ1) is 11.6. The molecule has 0 unspecified atom stereocenters. The Kier molecular flexibility index (Phi) is 4.73. The molecule has 1 rings (SSSR count). The van der Waals surface area contributed by atoms with Crippen LogP contribution >= 0.6 is 0 Å². The number of amidine groups is 1. The van der Waals surface area contributed by atoms with E-state index in [-0.39, 0.29) is 18.4 Å². The summed E-state index contributed by atoms with van der Waals surface area (Å²) >= 11 is 0. The molecule has 1 aliphatic heterocycles. The third kappa shape index (κ3) is 4.05. The molecule has 0 saturated carbocycles. The first-order valence-electron chi connectivity index (χ1n) is 5.23. The van der Waals surface area contributed by atoms with Gasteiger partial charge in [-0.3, -0.25) is 0 Å². The molecule has 6 heteroatoms. The molecule has 0 radical (unpaired) electrons. The van der Waals surface area contributed by atoms with E-state index in [0.717, 1.165) is 25.9 Å². The van der Waals surface area contributed by atoms with Crippen LogP contribution in [0, 0.1) is 0 Å². The Morgan fingerprint density at radius 1 is 1.33 bits per heavy atom. The molecule has 0 aromatic heterocycles. The highest BCUT2D eigenvalue weighted by molar-refractivity contribution is 5.86. The quantitative estimate of drug-likeness (QED) is 0.267. The van der Waals surface area contributed by atoms with Gasteiger partial charge in [-0.25, -0.2) is 4.79 Å². The van der Waals surface area contributed by atoms with E-state index in [9.17, 15) is 4.79 Å². The number of likely N-dealkylation sites (tertiary alicyclic amines) is 1. The van der Waals surface area contributed by atoms with Crippen LogP contribution in [0.5, 0.6) is 0 Å². The van der Waals surface area contributed by atoms with E-state index < -0.39 is 0 Å². The van der Waals surface area contributed by atoms with E-state index in [1.54, 1.807) is 4.90 Å². The first-order chi connectivity index (χ1) is 7.24. The number of carbonyl (C=O) groups excluding carboxylic acids is 1. The lowest BCUT2D eigenvalue weighted by Crippen LogP contribution is -2.43. The Hall–Kier alpha value is -1.46. The highest BCUT2D eigenvalue weighted by atomic mass is 16.4. The zero-order valence-corrected chi connectivity index (χ0v) is 8.78. The number of amides is 2. The van der Waals surface area contributed by atoms with Crippen molar-refractivity contribution in [2.75, 3.05) is 19.6 Å². The zero-order valence-electron chi connectivity index (χ0n) is 8.78. The van der Waals surface area contributed by atoms with E-state index in [0.29, 0.717) is 0 Å². The van der Waals surface area contributed by atoms with Crippen molar-refractivity contribution in [3.63, 3.8) is 0 Å².